The van der Waals surface area contributed by atoms with Crippen LogP contribution >= 0.6 is 0 Å². The first-order chi connectivity index (χ1) is 10.7. The van der Waals surface area contributed by atoms with Gasteiger partial charge < -0.3 is 14.8 Å². The van der Waals surface area contributed by atoms with Crippen LogP contribution in [0.4, 0.5) is 4.79 Å². The van der Waals surface area contributed by atoms with Crippen molar-refractivity contribution in [3.05, 3.63) is 29.8 Å². The van der Waals surface area contributed by atoms with Crippen LogP contribution in [0.3, 0.4) is 0 Å². The molecular weight excluding hydrogens is 294 g/mol. The van der Waals surface area contributed by atoms with Gasteiger partial charge in [-0.05, 0) is 30.0 Å². The number of hydrogen-bond donors (Lipinski definition) is 1. The zero-order valence-electron chi connectivity index (χ0n) is 15.2. The normalized spacial score (nSPS) is 11.6. The van der Waals surface area contributed by atoms with Crippen LogP contribution in [0.5, 0.6) is 5.75 Å². The number of ketones is 1. The van der Waals surface area contributed by atoms with Crippen molar-refractivity contribution in [2.45, 2.75) is 54.2 Å². The molecule has 0 heterocycles. The standard InChI is InChI=1S/C16H23NO4.C2H6/c1-11(18)14(16(2,3)4)17-15(19)21-10-12-7-6-8-13(9-12)20-5;1-2/h6-9,14H,10H2,1-5H3,(H,17,19);1-2H3. The number of nitrogens with one attached hydrogen (secondary N) is 1. The van der Waals surface area contributed by atoms with Crippen molar-refractivity contribution < 1.29 is 19.1 Å². The zero-order chi connectivity index (χ0) is 18.0. The smallest absolute Gasteiger partial charge is 0.408 e. The molecule has 5 nitrogen and oxygen atoms in total. The van der Waals surface area contributed by atoms with E-state index in [-0.39, 0.29) is 17.8 Å². The summed E-state index contributed by atoms with van der Waals surface area (Å²) in [5, 5.41) is 2.61. The number of alkyl carbamates (subject to hydrolysis) is 1. The van der Waals surface area contributed by atoms with Crippen LogP contribution < -0.4 is 10.1 Å². The van der Waals surface area contributed by atoms with Gasteiger partial charge in [-0.15, -0.1) is 0 Å². The van der Waals surface area contributed by atoms with Crippen molar-refractivity contribution in [1.82, 2.24) is 5.32 Å². The molecule has 23 heavy (non-hydrogen) atoms. The molecule has 0 bridgehead atoms. The van der Waals surface area contributed by atoms with Gasteiger partial charge in [-0.1, -0.05) is 46.8 Å². The lowest BCUT2D eigenvalue weighted by Crippen LogP contribution is -2.48. The summed E-state index contributed by atoms with van der Waals surface area (Å²) < 4.78 is 10.2. The molecule has 0 spiro atoms. The van der Waals surface area contributed by atoms with E-state index in [0.717, 1.165) is 5.56 Å². The third kappa shape index (κ3) is 7.68. The van der Waals surface area contributed by atoms with Crippen molar-refractivity contribution in [3.63, 3.8) is 0 Å². The molecule has 1 rings (SSSR count). The van der Waals surface area contributed by atoms with E-state index in [1.54, 1.807) is 13.2 Å². The number of hydrogen-bond acceptors (Lipinski definition) is 4. The molecule has 1 aromatic carbocycles. The fourth-order valence-corrected chi connectivity index (χ4v) is 2.00. The van der Waals surface area contributed by atoms with Crippen LogP contribution in [-0.2, 0) is 16.1 Å². The molecule has 0 saturated heterocycles. The van der Waals surface area contributed by atoms with Gasteiger partial charge in [-0.3, -0.25) is 4.79 Å². The molecule has 0 fully saturated rings. The van der Waals surface area contributed by atoms with Crippen molar-refractivity contribution in [2.75, 3.05) is 7.11 Å². The average Bonchev–Trinajstić information content (AvgIpc) is 2.51. The number of rotatable bonds is 5. The highest BCUT2D eigenvalue weighted by atomic mass is 16.5. The summed E-state index contributed by atoms with van der Waals surface area (Å²) in [7, 11) is 1.58. The highest BCUT2D eigenvalue weighted by Crippen LogP contribution is 2.20. The molecule has 130 valence electrons. The fourth-order valence-electron chi connectivity index (χ4n) is 2.00. The fraction of sp³-hybridized carbons (Fsp3) is 0.556. The van der Waals surface area contributed by atoms with E-state index in [0.29, 0.717) is 5.75 Å². The minimum atomic E-state index is -0.604. The van der Waals surface area contributed by atoms with Crippen LogP contribution in [0.2, 0.25) is 0 Å². The van der Waals surface area contributed by atoms with Crippen LogP contribution in [0, 0.1) is 5.41 Å². The molecule has 1 amide bonds. The SMILES string of the molecule is CC.COc1cccc(COC(=O)NC(C(C)=O)C(C)(C)C)c1. The molecule has 0 aliphatic heterocycles. The van der Waals surface area contributed by atoms with Gasteiger partial charge in [0.1, 0.15) is 12.4 Å². The molecule has 0 radical (unpaired) electrons. The number of carbonyl (C=O) groups excluding carboxylic acids is 2. The molecular formula is C18H29NO4. The van der Waals surface area contributed by atoms with E-state index in [1.165, 1.54) is 6.92 Å². The minimum Gasteiger partial charge on any atom is -0.497 e. The van der Waals surface area contributed by atoms with Gasteiger partial charge in [-0.2, -0.15) is 0 Å². The molecule has 0 aliphatic carbocycles. The maximum Gasteiger partial charge on any atom is 0.408 e. The van der Waals surface area contributed by atoms with Crippen LogP contribution in [-0.4, -0.2) is 25.0 Å². The van der Waals surface area contributed by atoms with E-state index < -0.39 is 12.1 Å². The maximum atomic E-state index is 11.8. The van der Waals surface area contributed by atoms with Crippen LogP contribution in [0.15, 0.2) is 24.3 Å². The second-order valence-electron chi connectivity index (χ2n) is 5.98. The van der Waals surface area contributed by atoms with E-state index in [4.69, 9.17) is 9.47 Å². The molecule has 5 heteroatoms. The summed E-state index contributed by atoms with van der Waals surface area (Å²) in [6.45, 7) is 11.3. The lowest BCUT2D eigenvalue weighted by atomic mass is 9.85. The maximum absolute atomic E-state index is 11.8. The van der Waals surface area contributed by atoms with Crippen molar-refractivity contribution in [2.24, 2.45) is 5.41 Å². The molecule has 1 unspecified atom stereocenters. The van der Waals surface area contributed by atoms with E-state index in [9.17, 15) is 9.59 Å². The second-order valence-corrected chi connectivity index (χ2v) is 5.98. The van der Waals surface area contributed by atoms with Crippen LogP contribution in [0.1, 0.15) is 47.1 Å². The van der Waals surface area contributed by atoms with Gasteiger partial charge in [0.05, 0.1) is 13.2 Å². The van der Waals surface area contributed by atoms with Gasteiger partial charge in [0, 0.05) is 0 Å². The Balaban J connectivity index is 0.00000232. The highest BCUT2D eigenvalue weighted by molar-refractivity contribution is 5.86. The Hall–Kier alpha value is -2.04. The van der Waals surface area contributed by atoms with Gasteiger partial charge in [0.15, 0.2) is 5.78 Å². The monoisotopic (exact) mass is 323 g/mol. The third-order valence-corrected chi connectivity index (χ3v) is 3.04. The first-order valence-electron chi connectivity index (χ1n) is 7.80. The van der Waals surface area contributed by atoms with Gasteiger partial charge >= 0.3 is 6.09 Å². The Labute approximate surface area is 139 Å². The number of benzene rings is 1. The Morgan fingerprint density at radius 1 is 1.22 bits per heavy atom. The zero-order valence-corrected chi connectivity index (χ0v) is 15.2. The molecule has 1 aromatic rings. The number of ether oxygens (including phenoxy) is 2. The average molecular weight is 323 g/mol. The lowest BCUT2D eigenvalue weighted by molar-refractivity contribution is -0.121. The molecule has 1 atom stereocenters. The van der Waals surface area contributed by atoms with E-state index in [1.807, 2.05) is 52.8 Å². The van der Waals surface area contributed by atoms with Crippen LogP contribution in [0.25, 0.3) is 0 Å². The highest BCUT2D eigenvalue weighted by Gasteiger charge is 2.30. The third-order valence-electron chi connectivity index (χ3n) is 3.04. The van der Waals surface area contributed by atoms with Crippen molar-refractivity contribution >= 4 is 11.9 Å². The predicted molar refractivity (Wildman–Crippen MR) is 91.6 cm³/mol. The summed E-state index contributed by atoms with van der Waals surface area (Å²) in [4.78, 5) is 23.4. The Morgan fingerprint density at radius 2 is 1.83 bits per heavy atom. The predicted octanol–water partition coefficient (Wildman–Crippen LogP) is 3.95. The number of methoxy groups -OCH3 is 1. The summed E-state index contributed by atoms with van der Waals surface area (Å²) in [6, 6.07) is 6.69. The first kappa shape index (κ1) is 21.0. The topological polar surface area (TPSA) is 64.6 Å². The van der Waals surface area contributed by atoms with Gasteiger partial charge in [0.25, 0.3) is 0 Å². The van der Waals surface area contributed by atoms with Crippen molar-refractivity contribution in [1.29, 1.82) is 0 Å². The quantitative estimate of drug-likeness (QED) is 0.891. The number of Topliss-reactive ketones (excluding diaryl/α,β-unsaturated/α-hetero) is 1. The Morgan fingerprint density at radius 3 is 2.30 bits per heavy atom. The van der Waals surface area contributed by atoms with E-state index >= 15 is 0 Å². The summed E-state index contributed by atoms with van der Waals surface area (Å²) in [6.07, 6.45) is -0.604. The Bertz CT molecular complexity index is 506. The first-order valence-corrected chi connectivity index (χ1v) is 7.80. The summed E-state index contributed by atoms with van der Waals surface area (Å²) >= 11 is 0. The summed E-state index contributed by atoms with van der Waals surface area (Å²) in [5.74, 6) is 0.605. The van der Waals surface area contributed by atoms with Crippen molar-refractivity contribution in [3.8, 4) is 5.75 Å². The molecule has 1 N–H and O–H groups in total. The summed E-state index contributed by atoms with van der Waals surface area (Å²) in [5.41, 5.74) is 0.459. The largest absolute Gasteiger partial charge is 0.497 e. The number of amides is 1. The molecule has 0 aromatic heterocycles. The number of carbonyl (C=O) groups is 2. The second kappa shape index (κ2) is 9.87. The van der Waals surface area contributed by atoms with Gasteiger partial charge in [0.2, 0.25) is 0 Å². The van der Waals surface area contributed by atoms with E-state index in [2.05, 4.69) is 5.32 Å². The lowest BCUT2D eigenvalue weighted by Gasteiger charge is -2.28. The van der Waals surface area contributed by atoms with Gasteiger partial charge in [-0.25, -0.2) is 4.79 Å². The Kier molecular flexibility index (Phi) is 9.00. The molecule has 0 aliphatic rings. The molecule has 0 saturated carbocycles. The minimum absolute atomic E-state index is 0.0965.